The van der Waals surface area contributed by atoms with Crippen LogP contribution < -0.4 is 10.6 Å². The molecule has 3 aromatic rings. The smallest absolute Gasteiger partial charge is 0.340 e. The monoisotopic (exact) mass is 496 g/mol. The Kier molecular flexibility index (Phi) is 8.83. The molecule has 0 amide bonds. The number of unbranched alkanes of at least 4 members (excludes halogenated alkanes) is 3. The molecule has 0 spiro atoms. The molecule has 1 aliphatic rings. The number of hydrogen-bond donors (Lipinski definition) is 2. The maximum absolute atomic E-state index is 13.7. The lowest BCUT2D eigenvalue weighted by Crippen LogP contribution is -2.13. The minimum Gasteiger partial charge on any atom is -0.340 e. The second kappa shape index (κ2) is 12.2. The number of anilines is 4. The summed E-state index contributed by atoms with van der Waals surface area (Å²) in [6, 6.07) is 15.6. The van der Waals surface area contributed by atoms with Gasteiger partial charge in [0.05, 0.1) is 0 Å². The van der Waals surface area contributed by atoms with Crippen molar-refractivity contribution in [3.63, 3.8) is 0 Å². The molecule has 2 N–H and O–H groups in total. The molecule has 1 fully saturated rings. The zero-order valence-electron chi connectivity index (χ0n) is 20.9. The molecular formula is C29H35F3N4. The van der Waals surface area contributed by atoms with Crippen LogP contribution >= 0.6 is 0 Å². The molecule has 1 aliphatic carbocycles. The number of alkyl halides is 3. The first-order chi connectivity index (χ1) is 17.4. The van der Waals surface area contributed by atoms with Crippen molar-refractivity contribution in [3.8, 4) is 0 Å². The number of nitrogens with zero attached hydrogens (tertiary/aromatic N) is 2. The van der Waals surface area contributed by atoms with Crippen LogP contribution in [0.3, 0.4) is 0 Å². The maximum Gasteiger partial charge on any atom is 0.421 e. The van der Waals surface area contributed by atoms with Gasteiger partial charge >= 0.3 is 6.18 Å². The molecule has 0 radical (unpaired) electrons. The van der Waals surface area contributed by atoms with Gasteiger partial charge in [0, 0.05) is 17.6 Å². The van der Waals surface area contributed by atoms with Crippen molar-refractivity contribution < 1.29 is 13.2 Å². The van der Waals surface area contributed by atoms with E-state index in [1.165, 1.54) is 44.1 Å². The highest BCUT2D eigenvalue weighted by Crippen LogP contribution is 2.37. The fourth-order valence-electron chi connectivity index (χ4n) is 4.83. The lowest BCUT2D eigenvalue weighted by Gasteiger charge is -2.22. The van der Waals surface area contributed by atoms with Gasteiger partial charge in [-0.15, -0.1) is 0 Å². The van der Waals surface area contributed by atoms with Gasteiger partial charge in [-0.25, -0.2) is 4.98 Å². The van der Waals surface area contributed by atoms with E-state index in [4.69, 9.17) is 0 Å². The number of benzene rings is 2. The van der Waals surface area contributed by atoms with E-state index >= 15 is 0 Å². The van der Waals surface area contributed by atoms with Crippen molar-refractivity contribution in [2.45, 2.75) is 83.2 Å². The summed E-state index contributed by atoms with van der Waals surface area (Å²) >= 11 is 0. The summed E-state index contributed by atoms with van der Waals surface area (Å²) in [4.78, 5) is 8.16. The third kappa shape index (κ3) is 7.21. The van der Waals surface area contributed by atoms with Crippen molar-refractivity contribution in [3.05, 3.63) is 71.4 Å². The number of aromatic nitrogens is 2. The van der Waals surface area contributed by atoms with Crippen molar-refractivity contribution in [2.75, 3.05) is 10.6 Å². The SMILES string of the molecule is CCCCCCc1ccc(Nc2ncc(C(F)(F)F)c(Nc3cccc(C4CCCCC4)c3)n2)cc1. The van der Waals surface area contributed by atoms with Gasteiger partial charge in [0.2, 0.25) is 5.95 Å². The van der Waals surface area contributed by atoms with Gasteiger partial charge in [-0.05, 0) is 67.0 Å². The summed E-state index contributed by atoms with van der Waals surface area (Å²) in [5, 5.41) is 5.96. The van der Waals surface area contributed by atoms with Crippen LogP contribution in [0.2, 0.25) is 0 Å². The molecule has 0 bridgehead atoms. The minimum absolute atomic E-state index is 0.115. The van der Waals surface area contributed by atoms with E-state index in [0.717, 1.165) is 43.1 Å². The standard InChI is InChI=1S/C29H35F3N4/c1-2-3-4-6-10-21-15-17-24(18-16-21)35-28-33-20-26(29(30,31)32)27(36-28)34-25-14-9-13-23(19-25)22-11-7-5-8-12-22/h9,13-20,22H,2-8,10-12H2,1H3,(H2,33,34,35,36). The van der Waals surface area contributed by atoms with Crippen molar-refractivity contribution in [1.29, 1.82) is 0 Å². The molecule has 36 heavy (non-hydrogen) atoms. The van der Waals surface area contributed by atoms with Crippen LogP contribution in [-0.4, -0.2) is 9.97 Å². The predicted molar refractivity (Wildman–Crippen MR) is 140 cm³/mol. The Bertz CT molecular complexity index is 1110. The lowest BCUT2D eigenvalue weighted by molar-refractivity contribution is -0.137. The van der Waals surface area contributed by atoms with Crippen LogP contribution in [0.5, 0.6) is 0 Å². The number of rotatable bonds is 10. The summed E-state index contributed by atoms with van der Waals surface area (Å²) in [7, 11) is 0. The number of halogens is 3. The van der Waals surface area contributed by atoms with Crippen LogP contribution in [0.15, 0.2) is 54.7 Å². The van der Waals surface area contributed by atoms with Crippen LogP contribution in [0.4, 0.5) is 36.3 Å². The highest BCUT2D eigenvalue weighted by Gasteiger charge is 2.35. The van der Waals surface area contributed by atoms with E-state index in [1.807, 2.05) is 36.4 Å². The first-order valence-corrected chi connectivity index (χ1v) is 13.1. The van der Waals surface area contributed by atoms with Crippen molar-refractivity contribution in [2.24, 2.45) is 0 Å². The molecular weight excluding hydrogens is 461 g/mol. The Morgan fingerprint density at radius 3 is 2.39 bits per heavy atom. The fourth-order valence-corrected chi connectivity index (χ4v) is 4.83. The third-order valence-corrected chi connectivity index (χ3v) is 6.85. The summed E-state index contributed by atoms with van der Waals surface area (Å²) in [6.07, 6.45) is 7.99. The molecule has 2 aromatic carbocycles. The molecule has 0 atom stereocenters. The summed E-state index contributed by atoms with van der Waals surface area (Å²) in [5.74, 6) is 0.317. The fraction of sp³-hybridized carbons (Fsp3) is 0.448. The topological polar surface area (TPSA) is 49.8 Å². The van der Waals surface area contributed by atoms with Gasteiger partial charge < -0.3 is 10.6 Å². The Balaban J connectivity index is 1.50. The van der Waals surface area contributed by atoms with E-state index in [9.17, 15) is 13.2 Å². The highest BCUT2D eigenvalue weighted by atomic mass is 19.4. The predicted octanol–water partition coefficient (Wildman–Crippen LogP) is 9.15. The zero-order valence-corrected chi connectivity index (χ0v) is 20.9. The number of aryl methyl sites for hydroxylation is 1. The molecule has 192 valence electrons. The summed E-state index contributed by atoms with van der Waals surface area (Å²) < 4.78 is 41.2. The molecule has 1 aromatic heterocycles. The molecule has 4 nitrogen and oxygen atoms in total. The van der Waals surface area contributed by atoms with Gasteiger partial charge in [-0.2, -0.15) is 18.2 Å². The molecule has 1 heterocycles. The van der Waals surface area contributed by atoms with E-state index in [-0.39, 0.29) is 11.8 Å². The largest absolute Gasteiger partial charge is 0.421 e. The maximum atomic E-state index is 13.7. The summed E-state index contributed by atoms with van der Waals surface area (Å²) in [5.41, 5.74) is 2.84. The minimum atomic E-state index is -4.57. The molecule has 0 unspecified atom stereocenters. The van der Waals surface area contributed by atoms with Gasteiger partial charge in [0.1, 0.15) is 11.4 Å². The van der Waals surface area contributed by atoms with Crippen LogP contribution in [0.1, 0.15) is 87.3 Å². The van der Waals surface area contributed by atoms with E-state index in [1.54, 1.807) is 6.07 Å². The van der Waals surface area contributed by atoms with Gasteiger partial charge in [-0.1, -0.05) is 69.7 Å². The van der Waals surface area contributed by atoms with Crippen molar-refractivity contribution in [1.82, 2.24) is 9.97 Å². The summed E-state index contributed by atoms with van der Waals surface area (Å²) in [6.45, 7) is 2.19. The molecule has 0 saturated heterocycles. The second-order valence-electron chi connectivity index (χ2n) is 9.67. The van der Waals surface area contributed by atoms with E-state index in [0.29, 0.717) is 11.6 Å². The average Bonchev–Trinajstić information content (AvgIpc) is 2.88. The van der Waals surface area contributed by atoms with E-state index in [2.05, 4.69) is 33.6 Å². The Labute approximate surface area is 211 Å². The average molecular weight is 497 g/mol. The second-order valence-corrected chi connectivity index (χ2v) is 9.67. The first kappa shape index (κ1) is 26.0. The molecule has 7 heteroatoms. The molecule has 1 saturated carbocycles. The van der Waals surface area contributed by atoms with Crippen LogP contribution in [-0.2, 0) is 12.6 Å². The number of hydrogen-bond acceptors (Lipinski definition) is 4. The Hall–Kier alpha value is -3.09. The lowest BCUT2D eigenvalue weighted by atomic mass is 9.84. The normalized spacial score (nSPS) is 14.6. The van der Waals surface area contributed by atoms with Crippen LogP contribution in [0.25, 0.3) is 0 Å². The van der Waals surface area contributed by atoms with Gasteiger partial charge in [0.15, 0.2) is 0 Å². The van der Waals surface area contributed by atoms with Gasteiger partial charge in [-0.3, -0.25) is 0 Å². The van der Waals surface area contributed by atoms with E-state index < -0.39 is 11.7 Å². The highest BCUT2D eigenvalue weighted by molar-refractivity contribution is 5.63. The zero-order chi connectivity index (χ0) is 25.4. The number of nitrogens with one attached hydrogen (secondary N) is 2. The quantitative estimate of drug-likeness (QED) is 0.275. The van der Waals surface area contributed by atoms with Crippen molar-refractivity contribution >= 4 is 23.1 Å². The molecule has 4 rings (SSSR count). The Morgan fingerprint density at radius 1 is 0.889 bits per heavy atom. The van der Waals surface area contributed by atoms with Crippen LogP contribution in [0, 0.1) is 0 Å². The molecule has 0 aliphatic heterocycles. The van der Waals surface area contributed by atoms with Gasteiger partial charge in [0.25, 0.3) is 0 Å². The third-order valence-electron chi connectivity index (χ3n) is 6.85. The first-order valence-electron chi connectivity index (χ1n) is 13.1. The Morgan fingerprint density at radius 2 is 1.67 bits per heavy atom.